The van der Waals surface area contributed by atoms with Crippen LogP contribution in [0.2, 0.25) is 0 Å². The summed E-state index contributed by atoms with van der Waals surface area (Å²) in [5.41, 5.74) is 5.21. The van der Waals surface area contributed by atoms with Crippen molar-refractivity contribution in [2.24, 2.45) is 5.73 Å². The van der Waals surface area contributed by atoms with Crippen molar-refractivity contribution in [3.63, 3.8) is 0 Å². The zero-order chi connectivity index (χ0) is 11.9. The quantitative estimate of drug-likeness (QED) is 0.548. The topological polar surface area (TPSA) is 55.1 Å². The van der Waals surface area contributed by atoms with E-state index in [1.807, 2.05) is 0 Å². The van der Waals surface area contributed by atoms with Crippen LogP contribution in [0.3, 0.4) is 0 Å². The fourth-order valence-corrected chi connectivity index (χ4v) is 1.04. The molecule has 0 aliphatic heterocycles. The third kappa shape index (κ3) is 11.1. The second kappa shape index (κ2) is 6.60. The normalized spacial score (nSPS) is 11.1. The summed E-state index contributed by atoms with van der Waals surface area (Å²) < 4.78 is 35.1. The van der Waals surface area contributed by atoms with Gasteiger partial charge in [-0.3, -0.25) is 4.79 Å². The molecule has 3 N–H and O–H groups in total. The fraction of sp³-hybridized carbons (Fsp3) is 0.750. The molecule has 0 spiro atoms. The van der Waals surface area contributed by atoms with Crippen LogP contribution in [0.1, 0.15) is 25.7 Å². The van der Waals surface area contributed by atoms with Crippen LogP contribution in [0.4, 0.5) is 13.2 Å². The molecule has 0 aliphatic rings. The van der Waals surface area contributed by atoms with Crippen LogP contribution in [0, 0.1) is 0 Å². The Morgan fingerprint density at radius 3 is 2.40 bits per heavy atom. The molecule has 0 saturated carbocycles. The molecule has 0 aliphatic carbocycles. The minimum Gasteiger partial charge on any atom is -0.393 e. The number of rotatable bonds is 6. The number of carbonyl (C=O) groups excluding carboxylic acids is 1. The van der Waals surface area contributed by atoms with Gasteiger partial charge in [0.2, 0.25) is 5.91 Å². The van der Waals surface area contributed by atoms with E-state index in [9.17, 15) is 18.0 Å². The van der Waals surface area contributed by atoms with E-state index in [4.69, 9.17) is 5.73 Å². The Balaban J connectivity index is 3.44. The van der Waals surface area contributed by atoms with Gasteiger partial charge in [-0.05, 0) is 19.3 Å². The highest BCUT2D eigenvalue weighted by molar-refractivity contribution is 7.80. The number of alkyl halides is 3. The van der Waals surface area contributed by atoms with Gasteiger partial charge in [0.1, 0.15) is 6.42 Å². The minimum absolute atomic E-state index is 0.220. The maximum Gasteiger partial charge on any atom is 0.397 e. The Morgan fingerprint density at radius 1 is 1.33 bits per heavy atom. The summed E-state index contributed by atoms with van der Waals surface area (Å²) in [6.07, 6.45) is -4.09. The molecule has 0 aromatic heterocycles. The van der Waals surface area contributed by atoms with E-state index in [2.05, 4.69) is 17.5 Å². The first-order chi connectivity index (χ1) is 6.81. The van der Waals surface area contributed by atoms with Gasteiger partial charge in [-0.25, -0.2) is 0 Å². The first-order valence-corrected chi connectivity index (χ1v) is 4.84. The average Bonchev–Trinajstić information content (AvgIpc) is 1.99. The largest absolute Gasteiger partial charge is 0.397 e. The molecular formula is C8H13F3N2OS. The monoisotopic (exact) mass is 242 g/mol. The Hall–Kier alpha value is -0.850. The van der Waals surface area contributed by atoms with Crippen molar-refractivity contribution in [2.45, 2.75) is 31.9 Å². The molecule has 0 atom stereocenters. The number of nitrogens with two attached hydrogens (primary N) is 1. The number of unbranched alkanes of at least 4 members (excludes halogenated alkanes) is 1. The van der Waals surface area contributed by atoms with Gasteiger partial charge in [0.15, 0.2) is 0 Å². The highest BCUT2D eigenvalue weighted by Crippen LogP contribution is 2.18. The van der Waals surface area contributed by atoms with Crippen LogP contribution < -0.4 is 11.1 Å². The molecule has 0 aromatic rings. The summed E-state index contributed by atoms with van der Waals surface area (Å²) in [6.45, 7) is 0.220. The number of amides is 1. The van der Waals surface area contributed by atoms with Crippen molar-refractivity contribution in [3.8, 4) is 0 Å². The molecule has 0 saturated heterocycles. The van der Waals surface area contributed by atoms with Gasteiger partial charge < -0.3 is 11.1 Å². The number of nitrogens with one attached hydrogen (secondary N) is 1. The van der Waals surface area contributed by atoms with E-state index in [0.717, 1.165) is 0 Å². The van der Waals surface area contributed by atoms with Gasteiger partial charge in [0, 0.05) is 6.54 Å². The predicted molar refractivity (Wildman–Crippen MR) is 54.3 cm³/mol. The van der Waals surface area contributed by atoms with E-state index >= 15 is 0 Å². The summed E-state index contributed by atoms with van der Waals surface area (Å²) in [6, 6.07) is 0. The molecule has 0 bridgehead atoms. The lowest BCUT2D eigenvalue weighted by Gasteiger charge is -2.07. The lowest BCUT2D eigenvalue weighted by molar-refractivity contribution is -0.153. The first-order valence-electron chi connectivity index (χ1n) is 4.43. The van der Waals surface area contributed by atoms with E-state index in [0.29, 0.717) is 24.3 Å². The van der Waals surface area contributed by atoms with E-state index in [-0.39, 0.29) is 6.54 Å². The first kappa shape index (κ1) is 14.2. The minimum atomic E-state index is -4.44. The van der Waals surface area contributed by atoms with Gasteiger partial charge in [-0.2, -0.15) is 13.2 Å². The van der Waals surface area contributed by atoms with E-state index in [1.54, 1.807) is 0 Å². The van der Waals surface area contributed by atoms with Gasteiger partial charge in [0.25, 0.3) is 0 Å². The predicted octanol–water partition coefficient (Wildman–Crippen LogP) is 1.51. The molecule has 0 rings (SSSR count). The second-order valence-corrected chi connectivity index (χ2v) is 3.59. The molecule has 0 unspecified atom stereocenters. The average molecular weight is 242 g/mol. The summed E-state index contributed by atoms with van der Waals surface area (Å²) in [5.74, 6) is -1.00. The van der Waals surface area contributed by atoms with E-state index < -0.39 is 18.5 Å². The maximum absolute atomic E-state index is 11.7. The third-order valence-electron chi connectivity index (χ3n) is 1.53. The van der Waals surface area contributed by atoms with Crippen molar-refractivity contribution in [1.82, 2.24) is 5.32 Å². The van der Waals surface area contributed by atoms with Gasteiger partial charge in [-0.15, -0.1) is 0 Å². The highest BCUT2D eigenvalue weighted by atomic mass is 32.1. The lowest BCUT2D eigenvalue weighted by Crippen LogP contribution is -2.29. The molecule has 88 valence electrons. The highest BCUT2D eigenvalue weighted by Gasteiger charge is 2.30. The Kier molecular flexibility index (Phi) is 6.23. The van der Waals surface area contributed by atoms with Crippen molar-refractivity contribution >= 4 is 23.1 Å². The zero-order valence-electron chi connectivity index (χ0n) is 8.06. The number of hydrogen-bond donors (Lipinski definition) is 2. The van der Waals surface area contributed by atoms with Gasteiger partial charge in [-0.1, -0.05) is 12.2 Å². The molecule has 7 heteroatoms. The van der Waals surface area contributed by atoms with E-state index in [1.165, 1.54) is 0 Å². The number of carbonyl (C=O) groups is 1. The maximum atomic E-state index is 11.7. The SMILES string of the molecule is NC(=S)CCCCNC(=O)CC(F)(F)F. The molecule has 0 radical (unpaired) electrons. The standard InChI is InChI=1S/C8H13F3N2OS/c9-8(10,11)5-7(14)13-4-2-1-3-6(12)15/h1-5H2,(H2,12,15)(H,13,14). The van der Waals surface area contributed by atoms with Crippen LogP contribution >= 0.6 is 12.2 Å². The zero-order valence-corrected chi connectivity index (χ0v) is 8.88. The molecule has 1 amide bonds. The fourth-order valence-electron chi connectivity index (χ4n) is 0.897. The molecule has 3 nitrogen and oxygen atoms in total. The lowest BCUT2D eigenvalue weighted by atomic mass is 10.2. The molecular weight excluding hydrogens is 229 g/mol. The van der Waals surface area contributed by atoms with Crippen molar-refractivity contribution < 1.29 is 18.0 Å². The van der Waals surface area contributed by atoms with Crippen molar-refractivity contribution in [1.29, 1.82) is 0 Å². The van der Waals surface area contributed by atoms with Gasteiger partial charge >= 0.3 is 6.18 Å². The Labute approximate surface area is 91.2 Å². The summed E-state index contributed by atoms with van der Waals surface area (Å²) >= 11 is 4.61. The summed E-state index contributed by atoms with van der Waals surface area (Å²) in [4.78, 5) is 11.0. The van der Waals surface area contributed by atoms with Crippen molar-refractivity contribution in [3.05, 3.63) is 0 Å². The summed E-state index contributed by atoms with van der Waals surface area (Å²) in [5, 5.41) is 2.17. The Bertz CT molecular complexity index is 230. The smallest absolute Gasteiger partial charge is 0.393 e. The Morgan fingerprint density at radius 2 is 1.93 bits per heavy atom. The molecule has 0 heterocycles. The van der Waals surface area contributed by atoms with Crippen LogP contribution in [-0.2, 0) is 4.79 Å². The van der Waals surface area contributed by atoms with Crippen LogP contribution in [0.5, 0.6) is 0 Å². The summed E-state index contributed by atoms with van der Waals surface area (Å²) in [7, 11) is 0. The number of halogens is 3. The van der Waals surface area contributed by atoms with Crippen LogP contribution in [0.25, 0.3) is 0 Å². The third-order valence-corrected chi connectivity index (χ3v) is 1.74. The van der Waals surface area contributed by atoms with Crippen LogP contribution in [-0.4, -0.2) is 23.6 Å². The molecule has 0 aromatic carbocycles. The molecule has 15 heavy (non-hydrogen) atoms. The van der Waals surface area contributed by atoms with Gasteiger partial charge in [0.05, 0.1) is 4.99 Å². The van der Waals surface area contributed by atoms with Crippen molar-refractivity contribution in [2.75, 3.05) is 6.54 Å². The second-order valence-electron chi connectivity index (χ2n) is 3.07. The number of thiocarbonyl (C=S) groups is 1. The number of hydrogen-bond acceptors (Lipinski definition) is 2. The van der Waals surface area contributed by atoms with Crippen LogP contribution in [0.15, 0.2) is 0 Å². The molecule has 0 fully saturated rings.